The number of rotatable bonds is 20. The van der Waals surface area contributed by atoms with Crippen LogP contribution in [-0.4, -0.2) is 11.9 Å². The highest BCUT2D eigenvalue weighted by Gasteiger charge is 2.10. The maximum Gasteiger partial charge on any atom is 0.340 e. The van der Waals surface area contributed by atoms with Gasteiger partial charge in [-0.1, -0.05) is 103 Å². The van der Waals surface area contributed by atoms with Gasteiger partial charge in [0.1, 0.15) is 0 Å². The molecule has 29 heavy (non-hydrogen) atoms. The van der Waals surface area contributed by atoms with Crippen molar-refractivity contribution in [2.45, 2.75) is 129 Å². The van der Waals surface area contributed by atoms with Crippen LogP contribution in [0.25, 0.3) is 0 Å². The molecule has 0 saturated heterocycles. The zero-order valence-electron chi connectivity index (χ0n) is 19.3. The van der Waals surface area contributed by atoms with Gasteiger partial charge in [0.25, 0.3) is 0 Å². The Morgan fingerprint density at radius 3 is 1.55 bits per heavy atom. The molecule has 3 heteroatoms. The number of esters is 2. The zero-order chi connectivity index (χ0) is 21.6. The van der Waals surface area contributed by atoms with Crippen LogP contribution in [0.15, 0.2) is 24.3 Å². The van der Waals surface area contributed by atoms with E-state index >= 15 is 0 Å². The van der Waals surface area contributed by atoms with Crippen LogP contribution in [-0.2, 0) is 14.3 Å². The van der Waals surface area contributed by atoms with Crippen molar-refractivity contribution >= 4 is 11.9 Å². The molecular weight excluding hydrogens is 360 g/mol. The first-order valence-corrected chi connectivity index (χ1v) is 12.1. The van der Waals surface area contributed by atoms with E-state index in [-0.39, 0.29) is 5.57 Å². The molecule has 3 nitrogen and oxygen atoms in total. The summed E-state index contributed by atoms with van der Waals surface area (Å²) in [5.41, 5.74) is 0.266. The molecule has 0 amide bonds. The molecular formula is C26H46O3. The van der Waals surface area contributed by atoms with Crippen molar-refractivity contribution in [1.82, 2.24) is 0 Å². The van der Waals surface area contributed by atoms with E-state index in [1.165, 1.54) is 89.9 Å². The van der Waals surface area contributed by atoms with E-state index < -0.39 is 11.9 Å². The minimum Gasteiger partial charge on any atom is -0.390 e. The molecule has 0 aliphatic rings. The summed E-state index contributed by atoms with van der Waals surface area (Å²) in [6.45, 7) is 7.28. The Morgan fingerprint density at radius 1 is 0.690 bits per heavy atom. The molecule has 0 fully saturated rings. The maximum atomic E-state index is 11.5. The van der Waals surface area contributed by atoms with E-state index in [0.717, 1.165) is 19.3 Å². The van der Waals surface area contributed by atoms with Crippen LogP contribution in [0.1, 0.15) is 129 Å². The monoisotopic (exact) mass is 406 g/mol. The molecule has 0 heterocycles. The van der Waals surface area contributed by atoms with Crippen LogP contribution >= 0.6 is 0 Å². The van der Waals surface area contributed by atoms with Crippen LogP contribution in [0.2, 0.25) is 0 Å². The third-order valence-electron chi connectivity index (χ3n) is 5.20. The fourth-order valence-corrected chi connectivity index (χ4v) is 3.29. The Labute approximate surface area is 180 Å². The van der Waals surface area contributed by atoms with Crippen molar-refractivity contribution in [2.24, 2.45) is 0 Å². The molecule has 168 valence electrons. The number of hydrogen-bond acceptors (Lipinski definition) is 3. The smallest absolute Gasteiger partial charge is 0.340 e. The van der Waals surface area contributed by atoms with Crippen LogP contribution in [0.4, 0.5) is 0 Å². The first kappa shape index (κ1) is 27.6. The molecule has 0 aliphatic heterocycles. The molecule has 0 aromatic heterocycles. The Bertz CT molecular complexity index is 451. The Hall–Kier alpha value is -1.38. The van der Waals surface area contributed by atoms with Gasteiger partial charge in [-0.05, 0) is 39.0 Å². The molecule has 0 aromatic rings. The third kappa shape index (κ3) is 21.2. The van der Waals surface area contributed by atoms with Gasteiger partial charge >= 0.3 is 11.9 Å². The normalized spacial score (nSPS) is 11.1. The molecule has 0 aromatic carbocycles. The van der Waals surface area contributed by atoms with E-state index in [9.17, 15) is 9.59 Å². The number of carbonyl (C=O) groups excluding carboxylic acids is 2. The van der Waals surface area contributed by atoms with Gasteiger partial charge in [-0.25, -0.2) is 4.79 Å². The molecule has 0 radical (unpaired) electrons. The lowest BCUT2D eigenvalue weighted by Gasteiger charge is -2.03. The lowest BCUT2D eigenvalue weighted by molar-refractivity contribution is -0.156. The fraction of sp³-hybridized carbons (Fsp3) is 0.769. The van der Waals surface area contributed by atoms with Crippen LogP contribution in [0.3, 0.4) is 0 Å². The maximum absolute atomic E-state index is 11.5. The van der Waals surface area contributed by atoms with Gasteiger partial charge in [0.05, 0.1) is 0 Å². The molecule has 0 bridgehead atoms. The first-order chi connectivity index (χ1) is 14.1. The lowest BCUT2D eigenvalue weighted by atomic mass is 10.1. The van der Waals surface area contributed by atoms with Crippen molar-refractivity contribution in [3.05, 3.63) is 24.3 Å². The summed E-state index contributed by atoms with van der Waals surface area (Å²) < 4.78 is 4.67. The molecule has 0 rings (SSSR count). The number of ether oxygens (including phenoxy) is 1. The summed E-state index contributed by atoms with van der Waals surface area (Å²) in [5, 5.41) is 0. The summed E-state index contributed by atoms with van der Waals surface area (Å²) >= 11 is 0. The molecule has 0 N–H and O–H groups in total. The van der Waals surface area contributed by atoms with Gasteiger partial charge < -0.3 is 4.74 Å². The van der Waals surface area contributed by atoms with Crippen molar-refractivity contribution in [3.8, 4) is 0 Å². The lowest BCUT2D eigenvalue weighted by Crippen LogP contribution is -2.12. The standard InChI is InChI=1S/C26H46O3/c1-4-5-6-7-8-9-10-11-12-13-14-15-16-17-18-19-20-21-22-23-25(27)29-26(28)24(2)3/h11-12H,2,4-10,13-23H2,1,3H3. The fourth-order valence-electron chi connectivity index (χ4n) is 3.29. The van der Waals surface area contributed by atoms with Gasteiger partial charge in [0.15, 0.2) is 0 Å². The minimum absolute atomic E-state index is 0.266. The second kappa shape index (κ2) is 21.3. The van der Waals surface area contributed by atoms with Gasteiger partial charge in [0.2, 0.25) is 0 Å². The summed E-state index contributed by atoms with van der Waals surface area (Å²) in [7, 11) is 0. The summed E-state index contributed by atoms with van der Waals surface area (Å²) in [5.74, 6) is -1.04. The largest absolute Gasteiger partial charge is 0.390 e. The van der Waals surface area contributed by atoms with E-state index in [4.69, 9.17) is 0 Å². The third-order valence-corrected chi connectivity index (χ3v) is 5.20. The predicted octanol–water partition coefficient (Wildman–Crippen LogP) is 8.23. The van der Waals surface area contributed by atoms with E-state index in [0.29, 0.717) is 6.42 Å². The topological polar surface area (TPSA) is 43.4 Å². The Kier molecular flexibility index (Phi) is 20.3. The summed E-state index contributed by atoms with van der Waals surface area (Å²) in [6, 6.07) is 0. The van der Waals surface area contributed by atoms with Crippen LogP contribution in [0.5, 0.6) is 0 Å². The van der Waals surface area contributed by atoms with Gasteiger partial charge in [-0.3, -0.25) is 4.79 Å². The molecule has 0 unspecified atom stereocenters. The van der Waals surface area contributed by atoms with Crippen molar-refractivity contribution in [3.63, 3.8) is 0 Å². The second-order valence-electron chi connectivity index (χ2n) is 8.29. The van der Waals surface area contributed by atoms with E-state index in [1.807, 2.05) is 0 Å². The average Bonchev–Trinajstić information content (AvgIpc) is 2.69. The summed E-state index contributed by atoms with van der Waals surface area (Å²) in [4.78, 5) is 22.7. The Morgan fingerprint density at radius 2 is 1.10 bits per heavy atom. The highest BCUT2D eigenvalue weighted by molar-refractivity contribution is 5.95. The van der Waals surface area contributed by atoms with Crippen molar-refractivity contribution in [2.75, 3.05) is 0 Å². The minimum atomic E-state index is -0.608. The number of unbranched alkanes of at least 4 members (excludes halogenated alkanes) is 15. The predicted molar refractivity (Wildman–Crippen MR) is 124 cm³/mol. The first-order valence-electron chi connectivity index (χ1n) is 12.1. The second-order valence-corrected chi connectivity index (χ2v) is 8.29. The van der Waals surface area contributed by atoms with Crippen LogP contribution in [0, 0.1) is 0 Å². The molecule has 0 spiro atoms. The number of hydrogen-bond donors (Lipinski definition) is 0. The van der Waals surface area contributed by atoms with Gasteiger partial charge in [0, 0.05) is 12.0 Å². The van der Waals surface area contributed by atoms with Gasteiger partial charge in [-0.2, -0.15) is 0 Å². The van der Waals surface area contributed by atoms with Crippen molar-refractivity contribution in [1.29, 1.82) is 0 Å². The summed E-state index contributed by atoms with van der Waals surface area (Å²) in [6.07, 6.45) is 26.7. The quantitative estimate of drug-likeness (QED) is 0.0672. The van der Waals surface area contributed by atoms with E-state index in [1.54, 1.807) is 6.92 Å². The Balaban J connectivity index is 3.24. The highest BCUT2D eigenvalue weighted by Crippen LogP contribution is 2.12. The van der Waals surface area contributed by atoms with Crippen LogP contribution < -0.4 is 0 Å². The highest BCUT2D eigenvalue weighted by atomic mass is 16.6. The molecule has 0 saturated carbocycles. The molecule has 0 atom stereocenters. The zero-order valence-corrected chi connectivity index (χ0v) is 19.3. The van der Waals surface area contributed by atoms with Crippen molar-refractivity contribution < 1.29 is 14.3 Å². The van der Waals surface area contributed by atoms with Gasteiger partial charge in [-0.15, -0.1) is 0 Å². The number of allylic oxidation sites excluding steroid dienone is 2. The number of carbonyl (C=O) groups is 2. The van der Waals surface area contributed by atoms with E-state index in [2.05, 4.69) is 30.4 Å². The molecule has 0 aliphatic carbocycles. The average molecular weight is 407 g/mol. The SMILES string of the molecule is C=C(C)C(=O)OC(=O)CCCCCCCCCCCC=CCCCCCCCC.